The lowest BCUT2D eigenvalue weighted by atomic mass is 10.1. The van der Waals surface area contributed by atoms with E-state index in [4.69, 9.17) is 0 Å². The van der Waals surface area contributed by atoms with E-state index in [2.05, 4.69) is 12.2 Å². The molecule has 0 aromatic carbocycles. The van der Waals surface area contributed by atoms with Gasteiger partial charge in [0.05, 0.1) is 6.54 Å². The monoisotopic (exact) mass is 171 g/mol. The summed E-state index contributed by atoms with van der Waals surface area (Å²) in [5.41, 5.74) is 0. The number of carbonyl (C=O) groups is 1. The van der Waals surface area contributed by atoms with Gasteiger partial charge in [-0.1, -0.05) is 32.6 Å². The van der Waals surface area contributed by atoms with Crippen LogP contribution >= 0.6 is 0 Å². The lowest BCUT2D eigenvalue weighted by molar-refractivity contribution is -0.116. The predicted molar refractivity (Wildman–Crippen MR) is 52.3 cm³/mol. The first-order valence-corrected chi connectivity index (χ1v) is 4.97. The summed E-state index contributed by atoms with van der Waals surface area (Å²) in [5.74, 6) is 0.226. The molecule has 0 aliphatic carbocycles. The van der Waals surface area contributed by atoms with Gasteiger partial charge in [-0.15, -0.1) is 0 Å². The molecule has 72 valence electrons. The molecule has 0 atom stereocenters. The van der Waals surface area contributed by atoms with E-state index in [0.717, 1.165) is 6.54 Å². The van der Waals surface area contributed by atoms with Gasteiger partial charge in [0.1, 0.15) is 5.78 Å². The van der Waals surface area contributed by atoms with Gasteiger partial charge in [-0.25, -0.2) is 0 Å². The van der Waals surface area contributed by atoms with E-state index in [-0.39, 0.29) is 5.78 Å². The molecule has 0 radical (unpaired) electrons. The Labute approximate surface area is 75.7 Å². The third-order valence-corrected chi connectivity index (χ3v) is 1.83. The fraction of sp³-hybridized carbons (Fsp3) is 0.900. The quantitative estimate of drug-likeness (QED) is 0.567. The van der Waals surface area contributed by atoms with Crippen LogP contribution in [0.25, 0.3) is 0 Å². The number of rotatable bonds is 8. The molecule has 2 nitrogen and oxygen atoms in total. The van der Waals surface area contributed by atoms with Gasteiger partial charge in [0.15, 0.2) is 0 Å². The summed E-state index contributed by atoms with van der Waals surface area (Å²) >= 11 is 0. The first kappa shape index (κ1) is 11.6. The number of carbonyl (C=O) groups excluding carboxylic acids is 1. The van der Waals surface area contributed by atoms with Crippen LogP contribution < -0.4 is 5.32 Å². The smallest absolute Gasteiger partial charge is 0.143 e. The van der Waals surface area contributed by atoms with Crippen LogP contribution in [-0.4, -0.2) is 18.9 Å². The lowest BCUT2D eigenvalue weighted by Crippen LogP contribution is -2.21. The molecule has 0 aliphatic rings. The van der Waals surface area contributed by atoms with Gasteiger partial charge < -0.3 is 5.32 Å². The van der Waals surface area contributed by atoms with Crippen molar-refractivity contribution in [2.24, 2.45) is 0 Å². The molecule has 0 heterocycles. The highest BCUT2D eigenvalue weighted by molar-refractivity contribution is 5.77. The minimum absolute atomic E-state index is 0.226. The molecule has 0 saturated heterocycles. The summed E-state index contributed by atoms with van der Waals surface area (Å²) in [6.45, 7) is 5.36. The topological polar surface area (TPSA) is 29.1 Å². The fourth-order valence-corrected chi connectivity index (χ4v) is 1.12. The maximum absolute atomic E-state index is 10.5. The van der Waals surface area contributed by atoms with Crippen molar-refractivity contribution in [1.82, 2.24) is 5.32 Å². The summed E-state index contributed by atoms with van der Waals surface area (Å²) in [5, 5.41) is 3.11. The Morgan fingerprint density at radius 3 is 2.42 bits per heavy atom. The third kappa shape index (κ3) is 9.63. The van der Waals surface area contributed by atoms with Crippen LogP contribution in [0.5, 0.6) is 0 Å². The van der Waals surface area contributed by atoms with E-state index in [1.165, 1.54) is 32.1 Å². The highest BCUT2D eigenvalue weighted by atomic mass is 16.1. The number of Topliss-reactive ketones (excluding diaryl/α,β-unsaturated/α-hetero) is 1. The number of ketones is 1. The molecule has 0 saturated carbocycles. The van der Waals surface area contributed by atoms with Crippen LogP contribution in [-0.2, 0) is 4.79 Å². The minimum atomic E-state index is 0.226. The number of nitrogens with one attached hydrogen (secondary N) is 1. The van der Waals surface area contributed by atoms with Crippen molar-refractivity contribution in [2.75, 3.05) is 13.1 Å². The van der Waals surface area contributed by atoms with Crippen molar-refractivity contribution in [3.63, 3.8) is 0 Å². The van der Waals surface area contributed by atoms with E-state index in [9.17, 15) is 4.79 Å². The number of hydrogen-bond acceptors (Lipinski definition) is 2. The molecule has 0 aromatic heterocycles. The van der Waals surface area contributed by atoms with Gasteiger partial charge in [-0.3, -0.25) is 4.79 Å². The molecular weight excluding hydrogens is 150 g/mol. The van der Waals surface area contributed by atoms with Crippen LogP contribution in [0.2, 0.25) is 0 Å². The van der Waals surface area contributed by atoms with Gasteiger partial charge in [0.25, 0.3) is 0 Å². The van der Waals surface area contributed by atoms with Crippen molar-refractivity contribution in [1.29, 1.82) is 0 Å². The second kappa shape index (κ2) is 8.72. The Bertz CT molecular complexity index is 112. The normalized spacial score (nSPS) is 10.2. The molecule has 0 bridgehead atoms. The number of hydrogen-bond donors (Lipinski definition) is 1. The van der Waals surface area contributed by atoms with Gasteiger partial charge in [0.2, 0.25) is 0 Å². The molecule has 0 fully saturated rings. The van der Waals surface area contributed by atoms with E-state index in [0.29, 0.717) is 6.54 Å². The largest absolute Gasteiger partial charge is 0.310 e. The molecule has 0 unspecified atom stereocenters. The van der Waals surface area contributed by atoms with E-state index >= 15 is 0 Å². The van der Waals surface area contributed by atoms with Crippen LogP contribution in [0.4, 0.5) is 0 Å². The van der Waals surface area contributed by atoms with Gasteiger partial charge in [0, 0.05) is 0 Å². The van der Waals surface area contributed by atoms with E-state index < -0.39 is 0 Å². The summed E-state index contributed by atoms with van der Waals surface area (Å²) in [6.07, 6.45) is 6.46. The zero-order chi connectivity index (χ0) is 9.23. The Kier molecular flexibility index (Phi) is 8.46. The molecule has 0 aromatic rings. The molecule has 2 heteroatoms. The van der Waals surface area contributed by atoms with Crippen LogP contribution in [0.15, 0.2) is 0 Å². The number of unbranched alkanes of at least 4 members (excludes halogenated alkanes) is 4. The summed E-state index contributed by atoms with van der Waals surface area (Å²) in [6, 6.07) is 0. The zero-order valence-corrected chi connectivity index (χ0v) is 8.36. The second-order valence-electron chi connectivity index (χ2n) is 3.29. The zero-order valence-electron chi connectivity index (χ0n) is 8.36. The highest BCUT2D eigenvalue weighted by Gasteiger charge is 1.91. The molecule has 1 N–H and O–H groups in total. The summed E-state index contributed by atoms with van der Waals surface area (Å²) in [4.78, 5) is 10.5. The average Bonchev–Trinajstić information content (AvgIpc) is 2.02. The van der Waals surface area contributed by atoms with Crippen molar-refractivity contribution in [3.8, 4) is 0 Å². The van der Waals surface area contributed by atoms with Gasteiger partial charge in [-0.2, -0.15) is 0 Å². The molecule has 0 amide bonds. The van der Waals surface area contributed by atoms with Crippen LogP contribution in [0.1, 0.15) is 46.0 Å². The molecule has 0 rings (SSSR count). The molecule has 0 aliphatic heterocycles. The predicted octanol–water partition coefficient (Wildman–Crippen LogP) is 2.14. The van der Waals surface area contributed by atoms with E-state index in [1.807, 2.05) is 0 Å². The molecule has 12 heavy (non-hydrogen) atoms. The standard InChI is InChI=1S/C10H21NO/c1-3-4-5-6-7-8-11-9-10(2)12/h11H,3-9H2,1-2H3. The van der Waals surface area contributed by atoms with Crippen molar-refractivity contribution in [2.45, 2.75) is 46.0 Å². The first-order chi connectivity index (χ1) is 5.77. The second-order valence-corrected chi connectivity index (χ2v) is 3.29. The van der Waals surface area contributed by atoms with Crippen molar-refractivity contribution < 1.29 is 4.79 Å². The van der Waals surface area contributed by atoms with Crippen LogP contribution in [0.3, 0.4) is 0 Å². The first-order valence-electron chi connectivity index (χ1n) is 4.97. The Balaban J connectivity index is 2.86. The average molecular weight is 171 g/mol. The fourth-order valence-electron chi connectivity index (χ4n) is 1.12. The Morgan fingerprint density at radius 1 is 1.17 bits per heavy atom. The SMILES string of the molecule is CCCCCCCNCC(C)=O. The van der Waals surface area contributed by atoms with E-state index in [1.54, 1.807) is 6.92 Å². The molecular formula is C10H21NO. The van der Waals surface area contributed by atoms with Crippen molar-refractivity contribution in [3.05, 3.63) is 0 Å². The maximum Gasteiger partial charge on any atom is 0.143 e. The lowest BCUT2D eigenvalue weighted by Gasteiger charge is -2.01. The maximum atomic E-state index is 10.5. The highest BCUT2D eigenvalue weighted by Crippen LogP contribution is 2.00. The minimum Gasteiger partial charge on any atom is -0.310 e. The molecule has 0 spiro atoms. The van der Waals surface area contributed by atoms with Gasteiger partial charge >= 0.3 is 0 Å². The third-order valence-electron chi connectivity index (χ3n) is 1.83. The Morgan fingerprint density at radius 2 is 1.83 bits per heavy atom. The summed E-state index contributed by atoms with van der Waals surface area (Å²) in [7, 11) is 0. The Hall–Kier alpha value is -0.370. The van der Waals surface area contributed by atoms with Crippen molar-refractivity contribution >= 4 is 5.78 Å². The van der Waals surface area contributed by atoms with Gasteiger partial charge in [-0.05, 0) is 19.9 Å². The summed E-state index contributed by atoms with van der Waals surface area (Å²) < 4.78 is 0. The van der Waals surface area contributed by atoms with Crippen LogP contribution in [0, 0.1) is 0 Å².